The molecular weight excluding hydrogens is 369 g/mol. The highest BCUT2D eigenvalue weighted by Crippen LogP contribution is 2.37. The van der Waals surface area contributed by atoms with Crippen molar-refractivity contribution in [3.63, 3.8) is 0 Å². The molecule has 5 heteroatoms. The van der Waals surface area contributed by atoms with E-state index >= 15 is 0 Å². The maximum Gasteiger partial charge on any atom is 0.128 e. The molecule has 0 radical (unpaired) electrons. The number of aliphatic hydroxyl groups is 1. The number of aliphatic hydroxyl groups excluding tert-OH is 1. The average molecular weight is 400 g/mol. The lowest BCUT2D eigenvalue weighted by Crippen LogP contribution is -2.53. The third-order valence-electron chi connectivity index (χ3n) is 6.45. The number of likely N-dealkylation sites (tertiary alicyclic amines) is 1. The fraction of sp³-hybridized carbons (Fsp3) is 0.500. The lowest BCUT2D eigenvalue weighted by Gasteiger charge is -2.43. The number of ether oxygens (including phenoxy) is 2. The number of para-hydroxylation sites is 1. The number of fused-ring (bicyclic) bond motifs is 1. The molecule has 4 nitrogen and oxygen atoms in total. The SMILES string of the molecule is CC1Oc2ccccc2COC12CCN(CCCC(O)c1ccccc1F)CC2. The van der Waals surface area contributed by atoms with Crippen LogP contribution in [0.1, 0.15) is 49.8 Å². The Hall–Kier alpha value is -1.95. The fourth-order valence-electron chi connectivity index (χ4n) is 4.49. The molecule has 1 spiro atoms. The third-order valence-corrected chi connectivity index (χ3v) is 6.45. The molecule has 2 aliphatic heterocycles. The Balaban J connectivity index is 1.27. The molecule has 0 amide bonds. The molecule has 2 aromatic rings. The second-order valence-electron chi connectivity index (χ2n) is 8.24. The van der Waals surface area contributed by atoms with Crippen molar-refractivity contribution in [3.8, 4) is 5.75 Å². The van der Waals surface area contributed by atoms with Gasteiger partial charge in [0.1, 0.15) is 23.3 Å². The monoisotopic (exact) mass is 399 g/mol. The van der Waals surface area contributed by atoms with Crippen LogP contribution in [0.15, 0.2) is 48.5 Å². The first-order valence-electron chi connectivity index (χ1n) is 10.6. The summed E-state index contributed by atoms with van der Waals surface area (Å²) in [7, 11) is 0. The quantitative estimate of drug-likeness (QED) is 0.805. The van der Waals surface area contributed by atoms with Crippen molar-refractivity contribution in [3.05, 3.63) is 65.5 Å². The highest BCUT2D eigenvalue weighted by atomic mass is 19.1. The van der Waals surface area contributed by atoms with Crippen LogP contribution in [-0.2, 0) is 11.3 Å². The number of halogens is 1. The van der Waals surface area contributed by atoms with Crippen molar-refractivity contribution in [1.82, 2.24) is 4.90 Å². The van der Waals surface area contributed by atoms with Gasteiger partial charge in [0.25, 0.3) is 0 Å². The molecule has 1 N–H and O–H groups in total. The summed E-state index contributed by atoms with van der Waals surface area (Å²) in [5.74, 6) is 0.599. The van der Waals surface area contributed by atoms with E-state index in [1.165, 1.54) is 6.07 Å². The molecular formula is C24H30FNO3. The molecule has 1 fully saturated rings. The first-order valence-corrected chi connectivity index (χ1v) is 10.6. The summed E-state index contributed by atoms with van der Waals surface area (Å²) in [5, 5.41) is 10.3. The van der Waals surface area contributed by atoms with Crippen molar-refractivity contribution in [2.75, 3.05) is 19.6 Å². The van der Waals surface area contributed by atoms with E-state index in [1.54, 1.807) is 18.2 Å². The summed E-state index contributed by atoms with van der Waals surface area (Å²) in [4.78, 5) is 2.41. The number of benzene rings is 2. The van der Waals surface area contributed by atoms with E-state index in [0.717, 1.165) is 50.2 Å². The Morgan fingerprint density at radius 1 is 1.14 bits per heavy atom. The lowest BCUT2D eigenvalue weighted by atomic mass is 9.86. The van der Waals surface area contributed by atoms with Crippen molar-refractivity contribution in [2.24, 2.45) is 0 Å². The van der Waals surface area contributed by atoms with Gasteiger partial charge in [0, 0.05) is 24.2 Å². The number of piperidine rings is 1. The first-order chi connectivity index (χ1) is 14.1. The maximum absolute atomic E-state index is 13.8. The lowest BCUT2D eigenvalue weighted by molar-refractivity contribution is -0.136. The Kier molecular flexibility index (Phi) is 6.18. The minimum Gasteiger partial charge on any atom is -0.487 e. The number of hydrogen-bond donors (Lipinski definition) is 1. The molecule has 2 aromatic carbocycles. The van der Waals surface area contributed by atoms with Crippen LogP contribution >= 0.6 is 0 Å². The highest BCUT2D eigenvalue weighted by molar-refractivity contribution is 5.34. The number of nitrogens with zero attached hydrogens (tertiary/aromatic N) is 1. The van der Waals surface area contributed by atoms with Crippen LogP contribution in [0, 0.1) is 5.82 Å². The Bertz CT molecular complexity index is 819. The molecule has 0 bridgehead atoms. The highest BCUT2D eigenvalue weighted by Gasteiger charge is 2.43. The summed E-state index contributed by atoms with van der Waals surface area (Å²) in [5.41, 5.74) is 1.26. The Morgan fingerprint density at radius 2 is 1.86 bits per heavy atom. The van der Waals surface area contributed by atoms with Gasteiger partial charge in [0.2, 0.25) is 0 Å². The zero-order valence-electron chi connectivity index (χ0n) is 17.0. The smallest absolute Gasteiger partial charge is 0.128 e. The molecule has 29 heavy (non-hydrogen) atoms. The second-order valence-corrected chi connectivity index (χ2v) is 8.24. The van der Waals surface area contributed by atoms with Gasteiger partial charge in [-0.25, -0.2) is 4.39 Å². The molecule has 156 valence electrons. The minimum atomic E-state index is -0.746. The zero-order valence-corrected chi connectivity index (χ0v) is 17.0. The Morgan fingerprint density at radius 3 is 2.66 bits per heavy atom. The van der Waals surface area contributed by atoms with Crippen LogP contribution in [-0.4, -0.2) is 41.3 Å². The summed E-state index contributed by atoms with van der Waals surface area (Å²) in [6.07, 6.45) is 2.52. The van der Waals surface area contributed by atoms with Crippen molar-refractivity contribution in [1.29, 1.82) is 0 Å². The van der Waals surface area contributed by atoms with E-state index in [2.05, 4.69) is 17.9 Å². The normalized spacial score (nSPS) is 22.5. The van der Waals surface area contributed by atoms with Crippen LogP contribution < -0.4 is 4.74 Å². The van der Waals surface area contributed by atoms with Crippen LogP contribution in [0.4, 0.5) is 4.39 Å². The van der Waals surface area contributed by atoms with Crippen molar-refractivity contribution < 1.29 is 19.0 Å². The zero-order chi connectivity index (χ0) is 20.3. The first kappa shape index (κ1) is 20.3. The van der Waals surface area contributed by atoms with Gasteiger partial charge < -0.3 is 19.5 Å². The largest absolute Gasteiger partial charge is 0.487 e. The van der Waals surface area contributed by atoms with E-state index < -0.39 is 6.10 Å². The Labute approximate surface area is 172 Å². The predicted octanol–water partition coefficient (Wildman–Crippen LogP) is 4.47. The molecule has 2 unspecified atom stereocenters. The molecule has 0 saturated carbocycles. The molecule has 2 atom stereocenters. The van der Waals surface area contributed by atoms with E-state index in [0.29, 0.717) is 18.6 Å². The summed E-state index contributed by atoms with van der Waals surface area (Å²) >= 11 is 0. The summed E-state index contributed by atoms with van der Waals surface area (Å²) in [6.45, 7) is 5.49. The van der Waals surface area contributed by atoms with Crippen LogP contribution in [0.5, 0.6) is 5.75 Å². The van der Waals surface area contributed by atoms with Gasteiger partial charge in [-0.2, -0.15) is 0 Å². The van der Waals surface area contributed by atoms with Crippen LogP contribution in [0.25, 0.3) is 0 Å². The average Bonchev–Trinajstić information content (AvgIpc) is 2.87. The van der Waals surface area contributed by atoms with Gasteiger partial charge in [-0.1, -0.05) is 36.4 Å². The molecule has 4 rings (SSSR count). The summed E-state index contributed by atoms with van der Waals surface area (Å²) in [6, 6.07) is 14.6. The molecule has 0 aromatic heterocycles. The van der Waals surface area contributed by atoms with Gasteiger partial charge in [-0.05, 0) is 51.3 Å². The fourth-order valence-corrected chi connectivity index (χ4v) is 4.49. The van der Waals surface area contributed by atoms with E-state index in [4.69, 9.17) is 9.47 Å². The standard InChI is InChI=1S/C24H30FNO3/c1-18-24(28-17-19-7-2-5-11-23(19)29-18)12-15-26(16-13-24)14-6-10-22(27)20-8-3-4-9-21(20)25/h2-5,7-9,11,18,22,27H,6,10,12-17H2,1H3. The molecule has 1 saturated heterocycles. The second kappa shape index (κ2) is 8.82. The minimum absolute atomic E-state index is 0.0104. The number of hydrogen-bond acceptors (Lipinski definition) is 4. The van der Waals surface area contributed by atoms with Gasteiger partial charge in [-0.3, -0.25) is 0 Å². The van der Waals surface area contributed by atoms with Crippen molar-refractivity contribution in [2.45, 2.75) is 57.0 Å². The molecule has 2 aliphatic rings. The predicted molar refractivity (Wildman–Crippen MR) is 110 cm³/mol. The summed E-state index contributed by atoms with van der Waals surface area (Å²) < 4.78 is 26.4. The van der Waals surface area contributed by atoms with Crippen LogP contribution in [0.2, 0.25) is 0 Å². The number of rotatable bonds is 5. The van der Waals surface area contributed by atoms with Gasteiger partial charge in [0.15, 0.2) is 0 Å². The van der Waals surface area contributed by atoms with Gasteiger partial charge in [0.05, 0.1) is 12.7 Å². The van der Waals surface area contributed by atoms with E-state index in [-0.39, 0.29) is 17.5 Å². The van der Waals surface area contributed by atoms with Gasteiger partial charge in [-0.15, -0.1) is 0 Å². The van der Waals surface area contributed by atoms with Crippen molar-refractivity contribution >= 4 is 0 Å². The van der Waals surface area contributed by atoms with E-state index in [1.807, 2.05) is 18.2 Å². The van der Waals surface area contributed by atoms with E-state index in [9.17, 15) is 9.50 Å². The molecule has 2 heterocycles. The van der Waals surface area contributed by atoms with Crippen LogP contribution in [0.3, 0.4) is 0 Å². The third kappa shape index (κ3) is 4.47. The maximum atomic E-state index is 13.8. The van der Waals surface area contributed by atoms with Gasteiger partial charge >= 0.3 is 0 Å². The topological polar surface area (TPSA) is 41.9 Å². The molecule has 0 aliphatic carbocycles.